The van der Waals surface area contributed by atoms with E-state index in [0.717, 1.165) is 43.1 Å². The summed E-state index contributed by atoms with van der Waals surface area (Å²) in [6.45, 7) is 3.92. The van der Waals surface area contributed by atoms with Gasteiger partial charge in [-0.2, -0.15) is 0 Å². The van der Waals surface area contributed by atoms with Gasteiger partial charge in [0, 0.05) is 34.1 Å². The van der Waals surface area contributed by atoms with Crippen LogP contribution in [-0.2, 0) is 24.8 Å². The Labute approximate surface area is 262 Å². The van der Waals surface area contributed by atoms with E-state index in [-0.39, 0.29) is 36.0 Å². The van der Waals surface area contributed by atoms with E-state index in [4.69, 9.17) is 11.6 Å². The zero-order chi connectivity index (χ0) is 30.9. The first-order chi connectivity index (χ1) is 19.9. The summed E-state index contributed by atoms with van der Waals surface area (Å²) in [7, 11) is -3.41. The lowest BCUT2D eigenvalue weighted by atomic mass is 9.80. The standard InChI is InChI=1S/C31H41BrClN3O5S/c1-20(2)17-28(31(39)34-26-10-5-4-9-25(26)23-7-6-8-24(33)18-23)36-30(38)27(15-16-42(3,40)41)35-29(37)22-13-11-21(19-32)12-14-22/h6-8,11-14,18,20,25-28H,4-5,9-10,15-17,19H2,1-3H3,(H,34,39)(H,35,37)(H,36,38)/t25-,26+,27-,28-/m0/s1. The van der Waals surface area contributed by atoms with Crippen molar-refractivity contribution in [2.24, 2.45) is 5.92 Å². The maximum absolute atomic E-state index is 13.6. The highest BCUT2D eigenvalue weighted by Crippen LogP contribution is 2.34. The maximum atomic E-state index is 13.6. The molecule has 0 saturated heterocycles. The molecule has 42 heavy (non-hydrogen) atoms. The van der Waals surface area contributed by atoms with E-state index in [0.29, 0.717) is 22.3 Å². The lowest BCUT2D eigenvalue weighted by Crippen LogP contribution is -2.56. The van der Waals surface area contributed by atoms with Crippen LogP contribution in [0.15, 0.2) is 48.5 Å². The van der Waals surface area contributed by atoms with Crippen molar-refractivity contribution < 1.29 is 22.8 Å². The molecule has 0 bridgehead atoms. The molecule has 3 amide bonds. The fourth-order valence-electron chi connectivity index (χ4n) is 5.29. The van der Waals surface area contributed by atoms with Crippen LogP contribution in [0.4, 0.5) is 0 Å². The normalized spacial score (nSPS) is 18.6. The van der Waals surface area contributed by atoms with Crippen LogP contribution in [0.3, 0.4) is 0 Å². The molecule has 1 saturated carbocycles. The Morgan fingerprint density at radius 2 is 1.67 bits per heavy atom. The fraction of sp³-hybridized carbons (Fsp3) is 0.516. The zero-order valence-corrected chi connectivity index (χ0v) is 27.5. The molecule has 0 heterocycles. The van der Waals surface area contributed by atoms with Crippen LogP contribution < -0.4 is 16.0 Å². The van der Waals surface area contributed by atoms with Gasteiger partial charge in [0.25, 0.3) is 5.91 Å². The molecule has 0 radical (unpaired) electrons. The van der Waals surface area contributed by atoms with Crippen LogP contribution in [0, 0.1) is 5.92 Å². The van der Waals surface area contributed by atoms with E-state index < -0.39 is 33.7 Å². The fourth-order valence-corrected chi connectivity index (χ4v) is 6.52. The average Bonchev–Trinajstić information content (AvgIpc) is 2.94. The molecule has 3 rings (SSSR count). The van der Waals surface area contributed by atoms with Crippen molar-refractivity contribution in [2.75, 3.05) is 12.0 Å². The van der Waals surface area contributed by atoms with Gasteiger partial charge in [-0.1, -0.05) is 78.5 Å². The average molecular weight is 683 g/mol. The predicted octanol–water partition coefficient (Wildman–Crippen LogP) is 5.14. The summed E-state index contributed by atoms with van der Waals surface area (Å²) >= 11 is 9.62. The molecule has 0 unspecified atom stereocenters. The van der Waals surface area contributed by atoms with Crippen LogP contribution >= 0.6 is 27.5 Å². The molecule has 3 N–H and O–H groups in total. The number of alkyl halides is 1. The number of nitrogens with one attached hydrogen (secondary N) is 3. The minimum absolute atomic E-state index is 0.0909. The molecule has 2 aromatic rings. The Balaban J connectivity index is 1.77. The molecule has 1 fully saturated rings. The Morgan fingerprint density at radius 3 is 2.29 bits per heavy atom. The van der Waals surface area contributed by atoms with Gasteiger partial charge in [0.1, 0.15) is 21.9 Å². The van der Waals surface area contributed by atoms with Crippen LogP contribution in [0.5, 0.6) is 0 Å². The summed E-state index contributed by atoms with van der Waals surface area (Å²) < 4.78 is 23.9. The Morgan fingerprint density at radius 1 is 0.976 bits per heavy atom. The Bertz CT molecular complexity index is 1340. The summed E-state index contributed by atoms with van der Waals surface area (Å²) in [5, 5.41) is 9.98. The van der Waals surface area contributed by atoms with Crippen molar-refractivity contribution in [1.29, 1.82) is 0 Å². The van der Waals surface area contributed by atoms with E-state index in [9.17, 15) is 22.8 Å². The highest BCUT2D eigenvalue weighted by molar-refractivity contribution is 9.08. The molecule has 1 aliphatic rings. The quantitative estimate of drug-likeness (QED) is 0.253. The molecule has 4 atom stereocenters. The highest BCUT2D eigenvalue weighted by Gasteiger charge is 2.32. The van der Waals surface area contributed by atoms with Crippen LogP contribution in [0.2, 0.25) is 5.02 Å². The number of amides is 3. The molecular weight excluding hydrogens is 642 g/mol. The van der Waals surface area contributed by atoms with Crippen molar-refractivity contribution in [2.45, 2.75) is 81.7 Å². The lowest BCUT2D eigenvalue weighted by Gasteiger charge is -2.34. The van der Waals surface area contributed by atoms with Gasteiger partial charge in [0.2, 0.25) is 11.8 Å². The molecule has 2 aromatic carbocycles. The minimum Gasteiger partial charge on any atom is -0.351 e. The number of sulfone groups is 1. The first-order valence-corrected chi connectivity index (χ1v) is 17.9. The van der Waals surface area contributed by atoms with E-state index in [1.54, 1.807) is 24.3 Å². The van der Waals surface area contributed by atoms with Gasteiger partial charge >= 0.3 is 0 Å². The molecule has 230 valence electrons. The minimum atomic E-state index is -3.41. The monoisotopic (exact) mass is 681 g/mol. The van der Waals surface area contributed by atoms with Gasteiger partial charge in [-0.25, -0.2) is 8.42 Å². The number of rotatable bonds is 13. The molecular formula is C31H41BrClN3O5S. The number of hydrogen-bond acceptors (Lipinski definition) is 5. The van der Waals surface area contributed by atoms with Gasteiger partial charge in [0.15, 0.2) is 0 Å². The summed E-state index contributed by atoms with van der Waals surface area (Å²) in [5.74, 6) is -1.49. The topological polar surface area (TPSA) is 121 Å². The van der Waals surface area contributed by atoms with Gasteiger partial charge in [-0.15, -0.1) is 0 Å². The predicted molar refractivity (Wildman–Crippen MR) is 171 cm³/mol. The van der Waals surface area contributed by atoms with Gasteiger partial charge in [0.05, 0.1) is 5.75 Å². The summed E-state index contributed by atoms with van der Waals surface area (Å²) in [4.78, 5) is 40.1. The second-order valence-electron chi connectivity index (χ2n) is 11.5. The van der Waals surface area contributed by atoms with Crippen molar-refractivity contribution in [3.63, 3.8) is 0 Å². The van der Waals surface area contributed by atoms with E-state index >= 15 is 0 Å². The van der Waals surface area contributed by atoms with Crippen LogP contribution in [0.1, 0.15) is 79.8 Å². The third kappa shape index (κ3) is 10.7. The third-order valence-electron chi connectivity index (χ3n) is 7.48. The highest BCUT2D eigenvalue weighted by atomic mass is 79.9. The first kappa shape index (κ1) is 34.1. The summed E-state index contributed by atoms with van der Waals surface area (Å²) in [6, 6.07) is 12.5. The maximum Gasteiger partial charge on any atom is 0.251 e. The van der Waals surface area contributed by atoms with E-state index in [2.05, 4.69) is 31.9 Å². The molecule has 0 spiro atoms. The molecule has 1 aliphatic carbocycles. The molecule has 0 aromatic heterocycles. The molecule has 8 nitrogen and oxygen atoms in total. The number of benzene rings is 2. The molecule has 0 aliphatic heterocycles. The van der Waals surface area contributed by atoms with E-state index in [1.807, 2.05) is 38.1 Å². The first-order valence-electron chi connectivity index (χ1n) is 14.4. The van der Waals surface area contributed by atoms with Crippen molar-refractivity contribution in [1.82, 2.24) is 16.0 Å². The van der Waals surface area contributed by atoms with Crippen molar-refractivity contribution >= 4 is 55.1 Å². The number of carbonyl (C=O) groups is 3. The number of hydrogen-bond donors (Lipinski definition) is 3. The van der Waals surface area contributed by atoms with Gasteiger partial charge < -0.3 is 16.0 Å². The largest absolute Gasteiger partial charge is 0.351 e. The third-order valence-corrected chi connectivity index (χ3v) is 9.34. The second kappa shape index (κ2) is 15.9. The van der Waals surface area contributed by atoms with Gasteiger partial charge in [-0.3, -0.25) is 14.4 Å². The van der Waals surface area contributed by atoms with Crippen molar-refractivity contribution in [3.05, 3.63) is 70.2 Å². The van der Waals surface area contributed by atoms with E-state index in [1.165, 1.54) is 0 Å². The Hall–Kier alpha value is -2.43. The SMILES string of the molecule is CC(C)C[C@H](NC(=O)[C@H](CCS(C)(=O)=O)NC(=O)c1ccc(CBr)cc1)C(=O)N[C@@H]1CCCC[C@H]1c1cccc(Cl)c1. The second-order valence-corrected chi connectivity index (χ2v) is 14.8. The number of carbonyl (C=O) groups excluding carboxylic acids is 3. The summed E-state index contributed by atoms with van der Waals surface area (Å²) in [6.07, 6.45) is 5.11. The smallest absolute Gasteiger partial charge is 0.251 e. The van der Waals surface area contributed by atoms with Gasteiger partial charge in [-0.05, 0) is 67.0 Å². The Kier molecular flexibility index (Phi) is 12.9. The molecule has 11 heteroatoms. The van der Waals surface area contributed by atoms with Crippen molar-refractivity contribution in [3.8, 4) is 0 Å². The lowest BCUT2D eigenvalue weighted by molar-refractivity contribution is -0.131. The zero-order valence-electron chi connectivity index (χ0n) is 24.4. The number of halogens is 2. The van der Waals surface area contributed by atoms with Crippen LogP contribution in [0.25, 0.3) is 0 Å². The van der Waals surface area contributed by atoms with Crippen LogP contribution in [-0.4, -0.2) is 56.3 Å². The summed E-state index contributed by atoms with van der Waals surface area (Å²) in [5.41, 5.74) is 2.40.